The van der Waals surface area contributed by atoms with E-state index in [0.29, 0.717) is 12.5 Å². The first-order valence-electron chi connectivity index (χ1n) is 5.01. The van der Waals surface area contributed by atoms with Gasteiger partial charge in [-0.25, -0.2) is 5.84 Å². The van der Waals surface area contributed by atoms with Gasteiger partial charge in [0.25, 0.3) is 0 Å². The van der Waals surface area contributed by atoms with Gasteiger partial charge in [-0.05, 0) is 25.5 Å². The quantitative estimate of drug-likeness (QED) is 0.331. The molecule has 0 radical (unpaired) electrons. The summed E-state index contributed by atoms with van der Waals surface area (Å²) in [5.41, 5.74) is 4.90. The lowest BCUT2D eigenvalue weighted by atomic mass is 10.2. The zero-order valence-corrected chi connectivity index (χ0v) is 9.49. The van der Waals surface area contributed by atoms with Crippen LogP contribution in [0.25, 0.3) is 0 Å². The van der Waals surface area contributed by atoms with E-state index in [0.717, 1.165) is 5.69 Å². The third-order valence-corrected chi connectivity index (χ3v) is 2.23. The van der Waals surface area contributed by atoms with Crippen molar-refractivity contribution in [3.05, 3.63) is 29.8 Å². The van der Waals surface area contributed by atoms with Crippen LogP contribution in [0.3, 0.4) is 0 Å². The van der Waals surface area contributed by atoms with Crippen LogP contribution in [0.4, 0.5) is 5.69 Å². The minimum absolute atomic E-state index is 0.673. The second-order valence-corrected chi connectivity index (χ2v) is 3.29. The standard InChI is InChI=1S/C11H18N4/c1-4-13-11(14-12)15(3)10-8-6-5-7-9(10)2/h5-8H,4,12H2,1-3H3,(H,13,14). The molecular formula is C11H18N4. The van der Waals surface area contributed by atoms with Crippen molar-refractivity contribution in [1.29, 1.82) is 0 Å². The minimum atomic E-state index is 0.673. The van der Waals surface area contributed by atoms with Gasteiger partial charge in [0.2, 0.25) is 5.96 Å². The summed E-state index contributed by atoms with van der Waals surface area (Å²) in [6.45, 7) is 4.74. The molecule has 0 aliphatic heterocycles. The van der Waals surface area contributed by atoms with Crippen LogP contribution in [-0.2, 0) is 0 Å². The molecule has 0 aliphatic carbocycles. The van der Waals surface area contributed by atoms with Crippen LogP contribution in [0.5, 0.6) is 0 Å². The molecule has 0 saturated carbocycles. The molecule has 0 saturated heterocycles. The Bertz CT molecular complexity index is 346. The summed E-state index contributed by atoms with van der Waals surface area (Å²) in [6.07, 6.45) is 0. The van der Waals surface area contributed by atoms with E-state index in [1.165, 1.54) is 5.56 Å². The molecule has 1 aromatic carbocycles. The number of hydrogen-bond donors (Lipinski definition) is 2. The van der Waals surface area contributed by atoms with E-state index in [4.69, 9.17) is 5.84 Å². The van der Waals surface area contributed by atoms with Crippen molar-refractivity contribution in [3.63, 3.8) is 0 Å². The average molecular weight is 206 g/mol. The minimum Gasteiger partial charge on any atom is -0.314 e. The second-order valence-electron chi connectivity index (χ2n) is 3.29. The molecule has 0 atom stereocenters. The highest BCUT2D eigenvalue weighted by Gasteiger charge is 2.08. The maximum atomic E-state index is 5.42. The number of hydrogen-bond acceptors (Lipinski definition) is 2. The van der Waals surface area contributed by atoms with Gasteiger partial charge in [-0.1, -0.05) is 18.2 Å². The molecule has 4 nitrogen and oxygen atoms in total. The first-order valence-corrected chi connectivity index (χ1v) is 5.01. The molecule has 0 aliphatic rings. The molecule has 82 valence electrons. The third-order valence-electron chi connectivity index (χ3n) is 2.23. The fraction of sp³-hybridized carbons (Fsp3) is 0.364. The molecule has 0 bridgehead atoms. The third kappa shape index (κ3) is 2.70. The normalized spacial score (nSPS) is 11.3. The second kappa shape index (κ2) is 5.36. The van der Waals surface area contributed by atoms with Crippen molar-refractivity contribution in [3.8, 4) is 0 Å². The largest absolute Gasteiger partial charge is 0.314 e. The van der Waals surface area contributed by atoms with Gasteiger partial charge in [0, 0.05) is 19.3 Å². The molecule has 0 unspecified atom stereocenters. The summed E-state index contributed by atoms with van der Waals surface area (Å²) < 4.78 is 0. The maximum Gasteiger partial charge on any atom is 0.212 e. The average Bonchev–Trinajstić information content (AvgIpc) is 2.25. The summed E-state index contributed by atoms with van der Waals surface area (Å²) in [7, 11) is 1.94. The predicted molar refractivity (Wildman–Crippen MR) is 64.9 cm³/mol. The number of nitrogens with zero attached hydrogens (tertiary/aromatic N) is 2. The molecule has 4 heteroatoms. The monoisotopic (exact) mass is 206 g/mol. The SMILES string of the molecule is CCN=C(NN)N(C)c1ccccc1C. The number of rotatable bonds is 2. The van der Waals surface area contributed by atoms with E-state index >= 15 is 0 Å². The van der Waals surface area contributed by atoms with Crippen LogP contribution in [0.1, 0.15) is 12.5 Å². The molecule has 0 fully saturated rings. The first kappa shape index (κ1) is 11.5. The highest BCUT2D eigenvalue weighted by molar-refractivity contribution is 5.95. The van der Waals surface area contributed by atoms with Crippen LogP contribution in [0, 0.1) is 6.92 Å². The van der Waals surface area contributed by atoms with Gasteiger partial charge >= 0.3 is 0 Å². The number of nitrogens with one attached hydrogen (secondary N) is 1. The van der Waals surface area contributed by atoms with Crippen LogP contribution >= 0.6 is 0 Å². The fourth-order valence-corrected chi connectivity index (χ4v) is 1.45. The number of guanidine groups is 1. The Morgan fingerprint density at radius 2 is 2.13 bits per heavy atom. The molecule has 0 heterocycles. The summed E-state index contributed by atoms with van der Waals surface area (Å²) in [5.74, 6) is 6.10. The Hall–Kier alpha value is -1.55. The first-order chi connectivity index (χ1) is 7.20. The number of nitrogens with two attached hydrogens (primary N) is 1. The van der Waals surface area contributed by atoms with Gasteiger partial charge in [0.05, 0.1) is 0 Å². The number of anilines is 1. The molecule has 1 aromatic rings. The molecule has 0 amide bonds. The summed E-state index contributed by atoms with van der Waals surface area (Å²) in [5, 5.41) is 0. The zero-order valence-electron chi connectivity index (χ0n) is 9.49. The Morgan fingerprint density at radius 1 is 1.47 bits per heavy atom. The van der Waals surface area contributed by atoms with Crippen LogP contribution < -0.4 is 16.2 Å². The van der Waals surface area contributed by atoms with Gasteiger partial charge in [0.1, 0.15) is 0 Å². The molecule has 3 N–H and O–H groups in total. The van der Waals surface area contributed by atoms with E-state index in [1.54, 1.807) is 0 Å². The van der Waals surface area contributed by atoms with Gasteiger partial charge < -0.3 is 4.90 Å². The number of hydrazine groups is 1. The topological polar surface area (TPSA) is 53.6 Å². The van der Waals surface area contributed by atoms with Gasteiger partial charge in [-0.2, -0.15) is 0 Å². The Balaban J connectivity index is 2.98. The van der Waals surface area contributed by atoms with Crippen LogP contribution in [-0.4, -0.2) is 19.6 Å². The van der Waals surface area contributed by atoms with Crippen molar-refractivity contribution in [1.82, 2.24) is 5.43 Å². The summed E-state index contributed by atoms with van der Waals surface area (Å²) in [4.78, 5) is 6.21. The van der Waals surface area contributed by atoms with Crippen molar-refractivity contribution in [2.75, 3.05) is 18.5 Å². The number of benzene rings is 1. The lowest BCUT2D eigenvalue weighted by molar-refractivity contribution is 0.947. The molecular weight excluding hydrogens is 188 g/mol. The molecule has 15 heavy (non-hydrogen) atoms. The van der Waals surface area contributed by atoms with Gasteiger partial charge in [-0.3, -0.25) is 10.4 Å². The van der Waals surface area contributed by atoms with Crippen molar-refractivity contribution >= 4 is 11.6 Å². The predicted octanol–water partition coefficient (Wildman–Crippen LogP) is 1.27. The summed E-state index contributed by atoms with van der Waals surface area (Å²) >= 11 is 0. The van der Waals surface area contributed by atoms with Crippen molar-refractivity contribution in [2.24, 2.45) is 10.8 Å². The lowest BCUT2D eigenvalue weighted by Gasteiger charge is -2.22. The van der Waals surface area contributed by atoms with Crippen molar-refractivity contribution in [2.45, 2.75) is 13.8 Å². The van der Waals surface area contributed by atoms with E-state index < -0.39 is 0 Å². The fourth-order valence-electron chi connectivity index (χ4n) is 1.45. The zero-order chi connectivity index (χ0) is 11.3. The number of para-hydroxylation sites is 1. The smallest absolute Gasteiger partial charge is 0.212 e. The Kier molecular flexibility index (Phi) is 4.12. The lowest BCUT2D eigenvalue weighted by Crippen LogP contribution is -2.43. The van der Waals surface area contributed by atoms with E-state index in [2.05, 4.69) is 23.4 Å². The number of aliphatic imine (C=N–C) groups is 1. The molecule has 1 rings (SSSR count). The maximum absolute atomic E-state index is 5.42. The summed E-state index contributed by atoms with van der Waals surface area (Å²) in [6, 6.07) is 8.11. The Morgan fingerprint density at radius 3 is 2.67 bits per heavy atom. The van der Waals surface area contributed by atoms with Crippen LogP contribution in [0.2, 0.25) is 0 Å². The van der Waals surface area contributed by atoms with Crippen LogP contribution in [0.15, 0.2) is 29.3 Å². The number of aryl methyl sites for hydroxylation is 1. The van der Waals surface area contributed by atoms with Gasteiger partial charge in [0.15, 0.2) is 0 Å². The molecule has 0 aromatic heterocycles. The Labute approximate surface area is 90.8 Å². The van der Waals surface area contributed by atoms with E-state index in [-0.39, 0.29) is 0 Å². The highest BCUT2D eigenvalue weighted by atomic mass is 15.4. The van der Waals surface area contributed by atoms with E-state index in [1.807, 2.05) is 37.1 Å². The molecule has 0 spiro atoms. The highest BCUT2D eigenvalue weighted by Crippen LogP contribution is 2.17. The van der Waals surface area contributed by atoms with Gasteiger partial charge in [-0.15, -0.1) is 0 Å². The van der Waals surface area contributed by atoms with Crippen molar-refractivity contribution < 1.29 is 0 Å². The van der Waals surface area contributed by atoms with E-state index in [9.17, 15) is 0 Å².